The summed E-state index contributed by atoms with van der Waals surface area (Å²) in [6.07, 6.45) is 0.270. The molecule has 4 amide bonds. The summed E-state index contributed by atoms with van der Waals surface area (Å²) in [7, 11) is -1.57. The molecule has 5 N–H and O–H groups in total. The van der Waals surface area contributed by atoms with Crippen molar-refractivity contribution in [2.24, 2.45) is 0 Å². The molecular weight excluding hydrogens is 561 g/mol. The van der Waals surface area contributed by atoms with Crippen LogP contribution in [0.4, 0.5) is 4.79 Å². The molecule has 1 unspecified atom stereocenters. The predicted octanol–water partition coefficient (Wildman–Crippen LogP) is 1.73. The number of hydrogen-bond acceptors (Lipinski definition) is 9. The second kappa shape index (κ2) is 12.1. The Hall–Kier alpha value is -4.30. The first kappa shape index (κ1) is 29.7. The second-order valence-electron chi connectivity index (χ2n) is 9.71. The lowest BCUT2D eigenvalue weighted by Crippen LogP contribution is -2.59. The van der Waals surface area contributed by atoms with Gasteiger partial charge >= 0.3 is 30.9 Å². The number of fused-ring (bicyclic) bond motifs is 1. The normalized spacial score (nSPS) is 17.5. The molecule has 2 heterocycles. The molecular formula is C26H27BClN3O10. The van der Waals surface area contributed by atoms with Gasteiger partial charge in [0.2, 0.25) is 0 Å². The molecule has 0 aliphatic carbocycles. The minimum absolute atomic E-state index is 0.0158. The molecule has 41 heavy (non-hydrogen) atoms. The van der Waals surface area contributed by atoms with Crippen molar-refractivity contribution in [3.63, 3.8) is 0 Å². The van der Waals surface area contributed by atoms with Crippen LogP contribution >= 0.6 is 11.6 Å². The summed E-state index contributed by atoms with van der Waals surface area (Å²) in [5, 5.41) is 42.0. The molecule has 1 saturated heterocycles. The molecule has 0 bridgehead atoms. The number of aromatic carboxylic acids is 1. The van der Waals surface area contributed by atoms with E-state index in [0.29, 0.717) is 23.4 Å². The van der Waals surface area contributed by atoms with Gasteiger partial charge in [0.15, 0.2) is 17.3 Å². The molecule has 0 saturated carbocycles. The number of para-hydroxylation sites is 1. The van der Waals surface area contributed by atoms with E-state index < -0.39 is 71.5 Å². The molecule has 2 aromatic rings. The van der Waals surface area contributed by atoms with E-state index in [1.54, 1.807) is 6.07 Å². The maximum atomic E-state index is 13.6. The van der Waals surface area contributed by atoms with E-state index in [9.17, 15) is 44.3 Å². The average Bonchev–Trinajstić information content (AvgIpc) is 2.93. The van der Waals surface area contributed by atoms with Gasteiger partial charge < -0.3 is 35.2 Å². The van der Waals surface area contributed by atoms with Gasteiger partial charge in [0, 0.05) is 37.4 Å². The van der Waals surface area contributed by atoms with Gasteiger partial charge in [0.25, 0.3) is 0 Å². The molecule has 2 aliphatic heterocycles. The zero-order valence-electron chi connectivity index (χ0n) is 21.9. The zero-order valence-corrected chi connectivity index (χ0v) is 22.6. The minimum atomic E-state index is -1.57. The molecule has 216 valence electrons. The Morgan fingerprint density at radius 2 is 1.88 bits per heavy atom. The van der Waals surface area contributed by atoms with Crippen LogP contribution in [0, 0.1) is 0 Å². The van der Waals surface area contributed by atoms with Gasteiger partial charge in [-0.25, -0.2) is 9.59 Å². The van der Waals surface area contributed by atoms with Gasteiger partial charge in [0.1, 0.15) is 11.8 Å². The Labute approximate surface area is 239 Å². The third kappa shape index (κ3) is 5.93. The van der Waals surface area contributed by atoms with Gasteiger partial charge in [-0.2, -0.15) is 0 Å². The van der Waals surface area contributed by atoms with Crippen molar-refractivity contribution in [2.75, 3.05) is 19.6 Å². The smallest absolute Gasteiger partial charge is 0.526 e. The van der Waals surface area contributed by atoms with E-state index >= 15 is 0 Å². The number of carbonyl (C=O) groups is 5. The fraction of sp³-hybridized carbons (Fsp3) is 0.346. The summed E-state index contributed by atoms with van der Waals surface area (Å²) in [5.41, 5.74) is 0.188. The molecule has 0 radical (unpaired) electrons. The summed E-state index contributed by atoms with van der Waals surface area (Å²) in [6, 6.07) is 4.05. The number of imide groups is 1. The Kier molecular flexibility index (Phi) is 8.73. The number of benzene rings is 2. The van der Waals surface area contributed by atoms with E-state index in [1.807, 2.05) is 6.92 Å². The molecule has 1 fully saturated rings. The Morgan fingerprint density at radius 3 is 2.56 bits per heavy atom. The molecule has 2 aromatic carbocycles. The highest BCUT2D eigenvalue weighted by Crippen LogP contribution is 2.41. The first-order valence-electron chi connectivity index (χ1n) is 12.8. The number of aromatic hydroxyl groups is 2. The number of carbonyl (C=O) groups excluding carboxylic acids is 4. The summed E-state index contributed by atoms with van der Waals surface area (Å²) in [4.78, 5) is 65.5. The van der Waals surface area contributed by atoms with Crippen LogP contribution < -0.4 is 9.97 Å². The van der Waals surface area contributed by atoms with Crippen molar-refractivity contribution in [2.45, 2.75) is 38.0 Å². The van der Waals surface area contributed by atoms with Gasteiger partial charge in [-0.05, 0) is 30.5 Å². The van der Waals surface area contributed by atoms with Crippen LogP contribution in [0.15, 0.2) is 30.3 Å². The predicted molar refractivity (Wildman–Crippen MR) is 144 cm³/mol. The van der Waals surface area contributed by atoms with Crippen molar-refractivity contribution in [3.8, 4) is 17.2 Å². The maximum Gasteiger partial charge on any atom is 0.526 e. The van der Waals surface area contributed by atoms with Crippen molar-refractivity contribution in [3.05, 3.63) is 52.0 Å². The quantitative estimate of drug-likeness (QED) is 0.172. The Balaban J connectivity index is 1.60. The molecule has 2 aliphatic rings. The molecule has 0 aromatic heterocycles. The Morgan fingerprint density at radius 1 is 1.15 bits per heavy atom. The van der Waals surface area contributed by atoms with Gasteiger partial charge in [-0.1, -0.05) is 36.7 Å². The highest BCUT2D eigenvalue weighted by Gasteiger charge is 2.41. The average molecular weight is 588 g/mol. The number of halogens is 1. The van der Waals surface area contributed by atoms with Crippen molar-refractivity contribution in [1.29, 1.82) is 0 Å². The number of Topliss-reactive ketones (excluding diaryl/α,β-unsaturated/α-hetero) is 1. The summed E-state index contributed by atoms with van der Waals surface area (Å²) in [6.45, 7) is 2.16. The number of piperazine rings is 1. The number of rotatable bonds is 8. The second-order valence-corrected chi connectivity index (χ2v) is 10.1. The van der Waals surface area contributed by atoms with Crippen molar-refractivity contribution in [1.82, 2.24) is 15.1 Å². The first-order chi connectivity index (χ1) is 19.4. The van der Waals surface area contributed by atoms with E-state index in [0.717, 1.165) is 6.07 Å². The number of phenolic OH excluding ortho intramolecular Hbond substituents is 2. The molecule has 0 spiro atoms. The number of nitrogens with one attached hydrogen (secondary N) is 1. The van der Waals surface area contributed by atoms with E-state index in [2.05, 4.69) is 5.32 Å². The van der Waals surface area contributed by atoms with Crippen LogP contribution in [0.5, 0.6) is 17.2 Å². The number of hydrogen-bond donors (Lipinski definition) is 5. The van der Waals surface area contributed by atoms with Crippen molar-refractivity contribution < 1.29 is 49.0 Å². The lowest BCUT2D eigenvalue weighted by Gasteiger charge is -2.33. The minimum Gasteiger partial charge on any atom is -0.535 e. The first-order valence-corrected chi connectivity index (χ1v) is 13.2. The van der Waals surface area contributed by atoms with Crippen LogP contribution in [-0.2, 0) is 20.8 Å². The highest BCUT2D eigenvalue weighted by atomic mass is 35.5. The largest absolute Gasteiger partial charge is 0.535 e. The number of nitrogens with zero attached hydrogens (tertiary/aromatic N) is 2. The third-order valence-electron chi connectivity index (χ3n) is 6.99. The fourth-order valence-electron chi connectivity index (χ4n) is 4.88. The molecule has 15 heteroatoms. The number of carboxylic acids is 1. The van der Waals surface area contributed by atoms with E-state index in [4.69, 9.17) is 16.3 Å². The van der Waals surface area contributed by atoms with Gasteiger partial charge in [-0.3, -0.25) is 19.3 Å². The van der Waals surface area contributed by atoms with Crippen LogP contribution in [-0.4, -0.2) is 86.5 Å². The lowest BCUT2D eigenvalue weighted by molar-refractivity contribution is -0.153. The number of ketones is 1. The fourth-order valence-corrected chi connectivity index (χ4v) is 5.15. The Bertz CT molecular complexity index is 1420. The third-order valence-corrected chi connectivity index (χ3v) is 7.38. The summed E-state index contributed by atoms with van der Waals surface area (Å²) >= 11 is 6.21. The van der Waals surface area contributed by atoms with Crippen LogP contribution in [0.1, 0.15) is 47.3 Å². The number of urea groups is 1. The zero-order chi connectivity index (χ0) is 30.0. The van der Waals surface area contributed by atoms with E-state index in [1.165, 1.54) is 23.1 Å². The summed E-state index contributed by atoms with van der Waals surface area (Å²) < 4.78 is 5.45. The summed E-state index contributed by atoms with van der Waals surface area (Å²) in [5.74, 6) is -6.11. The number of carboxylic acid groups (broad SMARTS) is 1. The van der Waals surface area contributed by atoms with Crippen LogP contribution in [0.25, 0.3) is 0 Å². The highest BCUT2D eigenvalue weighted by molar-refractivity contribution is 6.47. The molecule has 4 rings (SSSR count). The molecule has 13 nitrogen and oxygen atoms in total. The maximum absolute atomic E-state index is 13.6. The van der Waals surface area contributed by atoms with Crippen molar-refractivity contribution >= 4 is 48.3 Å². The van der Waals surface area contributed by atoms with Gasteiger partial charge in [0.05, 0.1) is 10.6 Å². The SMILES string of the molecule is CCCN1CCN(C(=O)NC(C(=O)C[C@H]2Cc3cccc(C(=O)O)c3OB2O)c2ccc(O)c(O)c2Cl)C(=O)C1=O. The monoisotopic (exact) mass is 587 g/mol. The van der Waals surface area contributed by atoms with E-state index in [-0.39, 0.29) is 36.4 Å². The van der Waals surface area contributed by atoms with Crippen LogP contribution in [0.3, 0.4) is 0 Å². The number of phenols is 2. The molecule has 2 atom stereocenters. The topological polar surface area (TPSA) is 194 Å². The number of amides is 4. The van der Waals surface area contributed by atoms with Crippen LogP contribution in [0.2, 0.25) is 10.8 Å². The van der Waals surface area contributed by atoms with Gasteiger partial charge in [-0.15, -0.1) is 0 Å². The standard InChI is InChI=1S/C26H27BClN3O10/c1-2-8-30-9-10-31(24(36)23(30)35)26(39)29-20(15-6-7-17(32)21(34)19(15)28)18(33)12-14-11-13-4-3-5-16(25(37)38)22(13)41-27(14)40/h3-7,14,20,32,34,40H,2,8-12H2,1H3,(H,29,39)(H,37,38)/t14-,20?/m1/s1. The lowest BCUT2D eigenvalue weighted by atomic mass is 9.64.